The molecule has 2 heterocycles. The quantitative estimate of drug-likeness (QED) is 0.589. The predicted molar refractivity (Wildman–Crippen MR) is 113 cm³/mol. The highest BCUT2D eigenvalue weighted by atomic mass is 15.6. The minimum Gasteiger partial charge on any atom is -0.322 e. The fourth-order valence-corrected chi connectivity index (χ4v) is 4.47. The van der Waals surface area contributed by atoms with E-state index >= 15 is 0 Å². The first-order valence-electron chi connectivity index (χ1n) is 10.9. The van der Waals surface area contributed by atoms with Crippen LogP contribution in [0.4, 0.5) is 0 Å². The molecule has 152 valence electrons. The Labute approximate surface area is 173 Å². The molecule has 4 rings (SSSR count). The van der Waals surface area contributed by atoms with E-state index in [4.69, 9.17) is 0 Å². The minimum absolute atomic E-state index is 0.372. The van der Waals surface area contributed by atoms with Gasteiger partial charge in [-0.05, 0) is 16.0 Å². The van der Waals surface area contributed by atoms with Crippen molar-refractivity contribution in [2.75, 3.05) is 26.2 Å². The Bertz CT molecular complexity index is 855. The standard InChI is InChI=1S/C23H30N6/c1-2-9-22(23-24-25-26-29(23)19-21-12-7-4-8-13-21)28-16-14-27(15-17-28)18-20-10-5-3-6-11-20/h3-8,10-13,22H,2,9,14-19H2,1H3/p+2/t22-/m0/s1. The molecular formula is C23H32N6+2. The molecule has 1 saturated heterocycles. The summed E-state index contributed by atoms with van der Waals surface area (Å²) in [7, 11) is 0. The van der Waals surface area contributed by atoms with E-state index in [1.54, 1.807) is 9.80 Å². The Balaban J connectivity index is 1.42. The van der Waals surface area contributed by atoms with Crippen LogP contribution in [0.5, 0.6) is 0 Å². The van der Waals surface area contributed by atoms with Crippen LogP contribution in [0.15, 0.2) is 60.7 Å². The Morgan fingerprint density at radius 2 is 1.55 bits per heavy atom. The van der Waals surface area contributed by atoms with E-state index in [1.165, 1.54) is 37.3 Å². The van der Waals surface area contributed by atoms with Crippen molar-refractivity contribution < 1.29 is 9.80 Å². The lowest BCUT2D eigenvalue weighted by Gasteiger charge is -2.34. The van der Waals surface area contributed by atoms with Gasteiger partial charge in [0.05, 0.1) is 6.54 Å². The van der Waals surface area contributed by atoms with Gasteiger partial charge in [-0.15, -0.1) is 5.10 Å². The van der Waals surface area contributed by atoms with Gasteiger partial charge < -0.3 is 9.80 Å². The molecule has 2 N–H and O–H groups in total. The van der Waals surface area contributed by atoms with Crippen LogP contribution < -0.4 is 9.80 Å². The first-order valence-corrected chi connectivity index (χ1v) is 10.9. The summed E-state index contributed by atoms with van der Waals surface area (Å²) < 4.78 is 2.01. The molecule has 2 aromatic carbocycles. The van der Waals surface area contributed by atoms with Crippen molar-refractivity contribution in [1.29, 1.82) is 0 Å². The maximum absolute atomic E-state index is 4.47. The number of benzene rings is 2. The van der Waals surface area contributed by atoms with Crippen LogP contribution in [0.2, 0.25) is 0 Å². The van der Waals surface area contributed by atoms with E-state index in [0.29, 0.717) is 6.04 Å². The number of hydrogen-bond donors (Lipinski definition) is 2. The third-order valence-corrected chi connectivity index (χ3v) is 6.01. The van der Waals surface area contributed by atoms with Crippen molar-refractivity contribution in [2.45, 2.75) is 38.9 Å². The van der Waals surface area contributed by atoms with E-state index in [1.807, 2.05) is 10.7 Å². The molecule has 6 heteroatoms. The first kappa shape index (κ1) is 19.7. The van der Waals surface area contributed by atoms with Gasteiger partial charge in [-0.25, -0.2) is 4.68 Å². The third kappa shape index (κ3) is 5.08. The van der Waals surface area contributed by atoms with Gasteiger partial charge in [0.1, 0.15) is 38.8 Å². The highest BCUT2D eigenvalue weighted by molar-refractivity contribution is 5.15. The smallest absolute Gasteiger partial charge is 0.209 e. The predicted octanol–water partition coefficient (Wildman–Crippen LogP) is 0.546. The Kier molecular flexibility index (Phi) is 6.64. The van der Waals surface area contributed by atoms with Gasteiger partial charge >= 0.3 is 0 Å². The van der Waals surface area contributed by atoms with Gasteiger partial charge in [0, 0.05) is 12.0 Å². The number of aromatic nitrogens is 4. The molecule has 0 spiro atoms. The Morgan fingerprint density at radius 3 is 2.21 bits per heavy atom. The maximum Gasteiger partial charge on any atom is 0.209 e. The summed E-state index contributed by atoms with van der Waals surface area (Å²) in [5, 5.41) is 12.8. The zero-order valence-corrected chi connectivity index (χ0v) is 17.3. The zero-order chi connectivity index (χ0) is 19.9. The number of rotatable bonds is 8. The maximum atomic E-state index is 4.47. The molecule has 29 heavy (non-hydrogen) atoms. The number of nitrogens with zero attached hydrogens (tertiary/aromatic N) is 4. The third-order valence-electron chi connectivity index (χ3n) is 6.01. The van der Waals surface area contributed by atoms with Gasteiger partial charge in [0.2, 0.25) is 5.82 Å². The molecule has 1 fully saturated rings. The van der Waals surface area contributed by atoms with Crippen molar-refractivity contribution in [3.63, 3.8) is 0 Å². The number of tetrazole rings is 1. The van der Waals surface area contributed by atoms with E-state index in [-0.39, 0.29) is 0 Å². The summed E-state index contributed by atoms with van der Waals surface area (Å²) in [4.78, 5) is 3.31. The van der Waals surface area contributed by atoms with Crippen molar-refractivity contribution in [3.8, 4) is 0 Å². The van der Waals surface area contributed by atoms with Gasteiger partial charge in [-0.3, -0.25) is 0 Å². The first-order chi connectivity index (χ1) is 14.3. The number of piperazine rings is 1. The van der Waals surface area contributed by atoms with Crippen molar-refractivity contribution >= 4 is 0 Å². The van der Waals surface area contributed by atoms with E-state index in [9.17, 15) is 0 Å². The highest BCUT2D eigenvalue weighted by Crippen LogP contribution is 2.14. The Hall–Kier alpha value is -2.57. The summed E-state index contributed by atoms with van der Waals surface area (Å²) >= 11 is 0. The molecule has 0 saturated carbocycles. The van der Waals surface area contributed by atoms with Gasteiger partial charge in [-0.1, -0.05) is 74.0 Å². The minimum atomic E-state index is 0.372. The highest BCUT2D eigenvalue weighted by Gasteiger charge is 2.33. The average molecular weight is 393 g/mol. The number of quaternary nitrogens is 2. The average Bonchev–Trinajstić information content (AvgIpc) is 3.22. The molecule has 1 aliphatic heterocycles. The lowest BCUT2D eigenvalue weighted by molar-refractivity contribution is -1.03. The van der Waals surface area contributed by atoms with Crippen LogP contribution in [0.1, 0.15) is 42.8 Å². The lowest BCUT2D eigenvalue weighted by atomic mass is 10.1. The number of nitrogens with one attached hydrogen (secondary N) is 2. The summed E-state index contributed by atoms with van der Waals surface area (Å²) in [6.07, 6.45) is 2.27. The molecule has 1 aliphatic rings. The van der Waals surface area contributed by atoms with Gasteiger partial charge in [0.15, 0.2) is 0 Å². The van der Waals surface area contributed by atoms with Crippen molar-refractivity contribution in [2.24, 2.45) is 0 Å². The molecule has 0 unspecified atom stereocenters. The summed E-state index contributed by atoms with van der Waals surface area (Å²) in [6, 6.07) is 21.7. The van der Waals surface area contributed by atoms with E-state index < -0.39 is 0 Å². The van der Waals surface area contributed by atoms with Crippen LogP contribution >= 0.6 is 0 Å². The molecule has 0 radical (unpaired) electrons. The molecule has 6 nitrogen and oxygen atoms in total. The molecule has 0 aliphatic carbocycles. The largest absolute Gasteiger partial charge is 0.322 e. The fourth-order valence-electron chi connectivity index (χ4n) is 4.47. The summed E-state index contributed by atoms with van der Waals surface area (Å²) in [5.41, 5.74) is 2.67. The molecule has 0 bridgehead atoms. The second-order valence-corrected chi connectivity index (χ2v) is 8.09. The summed E-state index contributed by atoms with van der Waals surface area (Å²) in [6.45, 7) is 8.86. The van der Waals surface area contributed by atoms with Gasteiger partial charge in [-0.2, -0.15) is 0 Å². The van der Waals surface area contributed by atoms with E-state index in [0.717, 1.165) is 31.8 Å². The van der Waals surface area contributed by atoms with Crippen LogP contribution in [0.3, 0.4) is 0 Å². The molecule has 1 aromatic heterocycles. The second-order valence-electron chi connectivity index (χ2n) is 8.09. The van der Waals surface area contributed by atoms with Crippen LogP contribution in [0, 0.1) is 0 Å². The van der Waals surface area contributed by atoms with Crippen LogP contribution in [-0.2, 0) is 13.1 Å². The monoisotopic (exact) mass is 392 g/mol. The molecular weight excluding hydrogens is 360 g/mol. The topological polar surface area (TPSA) is 52.5 Å². The molecule has 3 aromatic rings. The van der Waals surface area contributed by atoms with Crippen LogP contribution in [-0.4, -0.2) is 46.4 Å². The zero-order valence-electron chi connectivity index (χ0n) is 17.3. The van der Waals surface area contributed by atoms with Crippen molar-refractivity contribution in [1.82, 2.24) is 20.2 Å². The van der Waals surface area contributed by atoms with Gasteiger partial charge in [0.25, 0.3) is 0 Å². The van der Waals surface area contributed by atoms with Crippen molar-refractivity contribution in [3.05, 3.63) is 77.6 Å². The van der Waals surface area contributed by atoms with E-state index in [2.05, 4.69) is 77.0 Å². The SMILES string of the molecule is CCC[C@@H](c1nnnn1Cc1ccccc1)[NH+]1CC[NH+](Cc2ccccc2)CC1. The second kappa shape index (κ2) is 9.76. The molecule has 1 atom stereocenters. The fraction of sp³-hybridized carbons (Fsp3) is 0.435. The normalized spacial score (nSPS) is 20.4. The van der Waals surface area contributed by atoms with Crippen LogP contribution in [0.25, 0.3) is 0 Å². The molecule has 0 amide bonds. The summed E-state index contributed by atoms with van der Waals surface area (Å²) in [5.74, 6) is 1.04. The Morgan fingerprint density at radius 1 is 0.897 bits per heavy atom. The number of hydrogen-bond acceptors (Lipinski definition) is 3. The lowest BCUT2D eigenvalue weighted by Crippen LogP contribution is -3.27.